The normalized spacial score (nSPS) is 12.9. The maximum absolute atomic E-state index is 6.04. The van der Waals surface area contributed by atoms with Gasteiger partial charge in [-0.15, -0.1) is 0 Å². The van der Waals surface area contributed by atoms with Crippen LogP contribution in [-0.4, -0.2) is 27.6 Å². The molecule has 1 N–H and O–H groups in total. The van der Waals surface area contributed by atoms with Crippen molar-refractivity contribution >= 4 is 28.8 Å². The summed E-state index contributed by atoms with van der Waals surface area (Å²) >= 11 is 6.04. The van der Waals surface area contributed by atoms with E-state index in [0.29, 0.717) is 18.2 Å². The lowest BCUT2D eigenvalue weighted by Crippen LogP contribution is -2.15. The maximum atomic E-state index is 6.04. The van der Waals surface area contributed by atoms with Gasteiger partial charge in [-0.05, 0) is 24.3 Å². The van der Waals surface area contributed by atoms with Crippen molar-refractivity contribution in [3.63, 3.8) is 0 Å². The molecule has 0 saturated heterocycles. The van der Waals surface area contributed by atoms with E-state index in [4.69, 9.17) is 26.1 Å². The summed E-state index contributed by atoms with van der Waals surface area (Å²) in [5.41, 5.74) is 3.41. The van der Waals surface area contributed by atoms with Gasteiger partial charge in [0, 0.05) is 34.7 Å². The van der Waals surface area contributed by atoms with E-state index in [9.17, 15) is 0 Å². The number of aromatic nitrogens is 3. The minimum atomic E-state index is 0.549. The molecule has 134 valence electrons. The fourth-order valence-electron chi connectivity index (χ4n) is 3.09. The number of anilines is 2. The molecule has 0 aliphatic carbocycles. The van der Waals surface area contributed by atoms with Crippen LogP contribution in [0.4, 0.5) is 11.5 Å². The number of hydrogen-bond acceptors (Lipinski definition) is 5. The van der Waals surface area contributed by atoms with Crippen LogP contribution in [0.5, 0.6) is 11.5 Å². The summed E-state index contributed by atoms with van der Waals surface area (Å²) < 4.78 is 13.2. The maximum Gasteiger partial charge on any atom is 0.163 e. The summed E-state index contributed by atoms with van der Waals surface area (Å²) in [6.07, 6.45) is 5.34. The van der Waals surface area contributed by atoms with Crippen LogP contribution in [0.1, 0.15) is 0 Å². The van der Waals surface area contributed by atoms with Crippen LogP contribution in [0.15, 0.2) is 61.1 Å². The highest BCUT2D eigenvalue weighted by atomic mass is 35.5. The first-order chi connectivity index (χ1) is 13.3. The summed E-state index contributed by atoms with van der Waals surface area (Å²) in [6.45, 7) is 1.12. The Kier molecular flexibility index (Phi) is 3.83. The number of fused-ring (bicyclic) bond motifs is 2. The van der Waals surface area contributed by atoms with Gasteiger partial charge in [0.05, 0.1) is 6.20 Å². The van der Waals surface area contributed by atoms with E-state index >= 15 is 0 Å². The molecule has 1 aliphatic heterocycles. The Hall–Kier alpha value is -3.25. The molecular weight excluding hydrogens is 364 g/mol. The largest absolute Gasteiger partial charge is 0.486 e. The summed E-state index contributed by atoms with van der Waals surface area (Å²) in [6, 6.07) is 13.4. The molecule has 0 atom stereocenters. The summed E-state index contributed by atoms with van der Waals surface area (Å²) in [7, 11) is 0. The van der Waals surface area contributed by atoms with E-state index in [1.54, 1.807) is 12.4 Å². The van der Waals surface area contributed by atoms with Gasteiger partial charge in [-0.25, -0.2) is 4.98 Å². The predicted molar refractivity (Wildman–Crippen MR) is 104 cm³/mol. The van der Waals surface area contributed by atoms with E-state index in [-0.39, 0.29) is 0 Å². The van der Waals surface area contributed by atoms with Crippen molar-refractivity contribution in [3.05, 3.63) is 66.1 Å². The van der Waals surface area contributed by atoms with Crippen LogP contribution in [0.3, 0.4) is 0 Å². The highest BCUT2D eigenvalue weighted by Crippen LogP contribution is 2.36. The highest BCUT2D eigenvalue weighted by molar-refractivity contribution is 6.30. The average molecular weight is 379 g/mol. The number of halogens is 1. The monoisotopic (exact) mass is 378 g/mol. The number of nitrogens with zero attached hydrogens (tertiary/aromatic N) is 3. The topological polar surface area (TPSA) is 60.7 Å². The molecule has 0 radical (unpaired) electrons. The smallest absolute Gasteiger partial charge is 0.163 e. The number of rotatable bonds is 3. The van der Waals surface area contributed by atoms with Gasteiger partial charge in [-0.3, -0.25) is 9.38 Å². The van der Waals surface area contributed by atoms with Gasteiger partial charge >= 0.3 is 0 Å². The van der Waals surface area contributed by atoms with Gasteiger partial charge in [0.15, 0.2) is 17.1 Å². The number of nitrogens with one attached hydrogen (secondary N) is 1. The van der Waals surface area contributed by atoms with E-state index in [0.717, 1.165) is 39.9 Å². The zero-order valence-electron chi connectivity index (χ0n) is 14.2. The van der Waals surface area contributed by atoms with Crippen LogP contribution in [0.2, 0.25) is 5.02 Å². The SMILES string of the molecule is Clc1ccc(-c2nc3cnccn3c2Nc2ccc3c(c2)OCCO3)cc1. The Morgan fingerprint density at radius 1 is 1.00 bits per heavy atom. The van der Waals surface area contributed by atoms with Gasteiger partial charge in [0.25, 0.3) is 0 Å². The zero-order chi connectivity index (χ0) is 18.2. The number of ether oxygens (including phenoxy) is 2. The van der Waals surface area contributed by atoms with E-state index in [1.165, 1.54) is 0 Å². The van der Waals surface area contributed by atoms with Crippen LogP contribution in [-0.2, 0) is 0 Å². The number of imidazole rings is 1. The first-order valence-electron chi connectivity index (χ1n) is 8.53. The van der Waals surface area contributed by atoms with Gasteiger partial charge in [0.2, 0.25) is 0 Å². The second kappa shape index (κ2) is 6.48. The third kappa shape index (κ3) is 2.94. The van der Waals surface area contributed by atoms with Crippen molar-refractivity contribution in [3.8, 4) is 22.8 Å². The van der Waals surface area contributed by atoms with Crippen molar-refractivity contribution in [2.24, 2.45) is 0 Å². The number of benzene rings is 2. The molecule has 4 aromatic rings. The molecule has 0 amide bonds. The molecule has 0 unspecified atom stereocenters. The molecule has 5 rings (SSSR count). The molecule has 2 aromatic heterocycles. The second-order valence-corrected chi connectivity index (χ2v) is 6.54. The number of hydrogen-bond donors (Lipinski definition) is 1. The molecule has 3 heterocycles. The summed E-state index contributed by atoms with van der Waals surface area (Å²) in [5.74, 6) is 2.33. The molecule has 0 fully saturated rings. The minimum absolute atomic E-state index is 0.549. The van der Waals surface area contributed by atoms with Crippen molar-refractivity contribution in [2.45, 2.75) is 0 Å². The zero-order valence-corrected chi connectivity index (χ0v) is 15.0. The lowest BCUT2D eigenvalue weighted by molar-refractivity contribution is 0.171. The fraction of sp³-hybridized carbons (Fsp3) is 0.100. The van der Waals surface area contributed by atoms with Gasteiger partial charge in [0.1, 0.15) is 24.7 Å². The first kappa shape index (κ1) is 16.0. The molecular formula is C20H15ClN4O2. The Bertz CT molecular complexity index is 1120. The van der Waals surface area contributed by atoms with Crippen molar-refractivity contribution in [1.82, 2.24) is 14.4 Å². The molecule has 6 nitrogen and oxygen atoms in total. The van der Waals surface area contributed by atoms with Gasteiger partial charge in [-0.2, -0.15) is 0 Å². The molecule has 27 heavy (non-hydrogen) atoms. The summed E-state index contributed by atoms with van der Waals surface area (Å²) in [5, 5.41) is 4.15. The van der Waals surface area contributed by atoms with Gasteiger partial charge in [-0.1, -0.05) is 23.7 Å². The molecule has 2 aromatic carbocycles. The average Bonchev–Trinajstić information content (AvgIpc) is 3.07. The van der Waals surface area contributed by atoms with Crippen molar-refractivity contribution in [1.29, 1.82) is 0 Å². The van der Waals surface area contributed by atoms with E-state index in [2.05, 4.69) is 10.3 Å². The highest BCUT2D eigenvalue weighted by Gasteiger charge is 2.16. The standard InChI is InChI=1S/C20H15ClN4O2/c21-14-3-1-13(2-4-14)19-20(25-8-7-22-12-18(25)24-19)23-15-5-6-16-17(11-15)27-10-9-26-16/h1-8,11-12,23H,9-10H2. The third-order valence-corrected chi connectivity index (χ3v) is 4.60. The predicted octanol–water partition coefficient (Wildman–Crippen LogP) is 4.56. The van der Waals surface area contributed by atoms with E-state index in [1.807, 2.05) is 53.1 Å². The minimum Gasteiger partial charge on any atom is -0.486 e. The molecule has 0 saturated carbocycles. The molecule has 0 bridgehead atoms. The Morgan fingerprint density at radius 2 is 1.81 bits per heavy atom. The Morgan fingerprint density at radius 3 is 2.67 bits per heavy atom. The van der Waals surface area contributed by atoms with Crippen molar-refractivity contribution in [2.75, 3.05) is 18.5 Å². The van der Waals surface area contributed by atoms with Crippen molar-refractivity contribution < 1.29 is 9.47 Å². The second-order valence-electron chi connectivity index (χ2n) is 6.10. The Labute approximate surface area is 160 Å². The third-order valence-electron chi connectivity index (χ3n) is 4.35. The molecule has 7 heteroatoms. The molecule has 0 spiro atoms. The lowest BCUT2D eigenvalue weighted by Gasteiger charge is -2.19. The van der Waals surface area contributed by atoms with Crippen LogP contribution < -0.4 is 14.8 Å². The van der Waals surface area contributed by atoms with Crippen LogP contribution >= 0.6 is 11.6 Å². The lowest BCUT2D eigenvalue weighted by atomic mass is 10.1. The first-order valence-corrected chi connectivity index (χ1v) is 8.90. The van der Waals surface area contributed by atoms with Gasteiger partial charge < -0.3 is 14.8 Å². The van der Waals surface area contributed by atoms with Crippen LogP contribution in [0, 0.1) is 0 Å². The summed E-state index contributed by atoms with van der Waals surface area (Å²) in [4.78, 5) is 8.91. The van der Waals surface area contributed by atoms with E-state index < -0.39 is 0 Å². The Balaban J connectivity index is 1.61. The quantitative estimate of drug-likeness (QED) is 0.566. The van der Waals surface area contributed by atoms with Crippen LogP contribution in [0.25, 0.3) is 16.9 Å². The fourth-order valence-corrected chi connectivity index (χ4v) is 3.22. The molecule has 1 aliphatic rings.